The van der Waals surface area contributed by atoms with Crippen LogP contribution in [-0.4, -0.2) is 85.5 Å². The number of piperazine rings is 1. The van der Waals surface area contributed by atoms with E-state index in [1.807, 2.05) is 17.3 Å². The van der Waals surface area contributed by atoms with Gasteiger partial charge in [-0.2, -0.15) is 0 Å². The zero-order valence-corrected chi connectivity index (χ0v) is 22.7. The summed E-state index contributed by atoms with van der Waals surface area (Å²) in [4.78, 5) is 28.8. The van der Waals surface area contributed by atoms with Crippen molar-refractivity contribution in [2.75, 3.05) is 62.8 Å². The minimum Gasteiger partial charge on any atom is -0.381 e. The van der Waals surface area contributed by atoms with E-state index < -0.39 is 0 Å². The molecule has 9 nitrogen and oxygen atoms in total. The summed E-state index contributed by atoms with van der Waals surface area (Å²) in [7, 11) is 2.14. The Kier molecular flexibility index (Phi) is 7.01. The second-order valence-corrected chi connectivity index (χ2v) is 11.8. The Balaban J connectivity index is 1.15. The van der Waals surface area contributed by atoms with Crippen molar-refractivity contribution in [1.29, 1.82) is 0 Å². The first-order valence-corrected chi connectivity index (χ1v) is 14.2. The van der Waals surface area contributed by atoms with Gasteiger partial charge in [0, 0.05) is 44.4 Å². The molecule has 1 aromatic carbocycles. The first-order valence-electron chi connectivity index (χ1n) is 14.2. The average molecular weight is 520 g/mol. The molecule has 2 unspecified atom stereocenters. The van der Waals surface area contributed by atoms with Crippen molar-refractivity contribution < 1.29 is 9.53 Å². The van der Waals surface area contributed by atoms with Gasteiger partial charge in [0.05, 0.1) is 36.8 Å². The van der Waals surface area contributed by atoms with Gasteiger partial charge in [-0.15, -0.1) is 0 Å². The van der Waals surface area contributed by atoms with Gasteiger partial charge in [0.25, 0.3) is 0 Å². The summed E-state index contributed by atoms with van der Waals surface area (Å²) in [5.41, 5.74) is 1.78. The molecule has 2 aromatic rings. The molecule has 6 rings (SSSR count). The van der Waals surface area contributed by atoms with E-state index in [1.165, 1.54) is 5.56 Å². The number of anilines is 2. The van der Waals surface area contributed by atoms with Gasteiger partial charge in [0.1, 0.15) is 0 Å². The van der Waals surface area contributed by atoms with Gasteiger partial charge in [-0.1, -0.05) is 30.3 Å². The summed E-state index contributed by atoms with van der Waals surface area (Å²) in [6.45, 7) is 8.52. The topological polar surface area (TPSA) is 85.9 Å². The number of nitrogens with one attached hydrogen (secondary N) is 2. The van der Waals surface area contributed by atoms with Crippen LogP contribution in [0.15, 0.2) is 42.7 Å². The fourth-order valence-corrected chi connectivity index (χ4v) is 6.75. The van der Waals surface area contributed by atoms with E-state index >= 15 is 0 Å². The van der Waals surface area contributed by atoms with E-state index in [9.17, 15) is 4.79 Å². The van der Waals surface area contributed by atoms with Crippen molar-refractivity contribution in [2.24, 2.45) is 5.92 Å². The highest BCUT2D eigenvalue weighted by atomic mass is 16.5. The third-order valence-corrected chi connectivity index (χ3v) is 9.36. The molecule has 3 saturated heterocycles. The lowest BCUT2D eigenvalue weighted by atomic mass is 9.69. The SMILES string of the molecule is CC(NC1(c2ccccc2)CCC2(CC1)CN(c1cnc(N3CCN(C)CC3)nc1)C(=O)N2)C1CCOC1. The van der Waals surface area contributed by atoms with Crippen LogP contribution in [0, 0.1) is 5.92 Å². The Morgan fingerprint density at radius 2 is 1.76 bits per heavy atom. The molecule has 1 aromatic heterocycles. The Bertz CT molecular complexity index is 1090. The van der Waals surface area contributed by atoms with Gasteiger partial charge >= 0.3 is 6.03 Å². The van der Waals surface area contributed by atoms with Crippen LogP contribution in [0.2, 0.25) is 0 Å². The Morgan fingerprint density at radius 1 is 1.05 bits per heavy atom. The molecule has 4 fully saturated rings. The summed E-state index contributed by atoms with van der Waals surface area (Å²) in [6.07, 6.45) is 8.52. The monoisotopic (exact) mass is 519 g/mol. The number of hydrogen-bond acceptors (Lipinski definition) is 7. The summed E-state index contributed by atoms with van der Waals surface area (Å²) >= 11 is 0. The average Bonchev–Trinajstić information content (AvgIpc) is 3.60. The minimum absolute atomic E-state index is 0.0439. The number of nitrogens with zero attached hydrogens (tertiary/aromatic N) is 5. The highest BCUT2D eigenvalue weighted by Gasteiger charge is 2.50. The molecule has 2 amide bonds. The van der Waals surface area contributed by atoms with Crippen molar-refractivity contribution >= 4 is 17.7 Å². The smallest absolute Gasteiger partial charge is 0.322 e. The molecular weight excluding hydrogens is 478 g/mol. The maximum Gasteiger partial charge on any atom is 0.322 e. The van der Waals surface area contributed by atoms with E-state index in [0.717, 1.165) is 83.1 Å². The summed E-state index contributed by atoms with van der Waals surface area (Å²) in [5, 5.41) is 7.42. The lowest BCUT2D eigenvalue weighted by molar-refractivity contribution is 0.127. The first-order chi connectivity index (χ1) is 18.5. The van der Waals surface area contributed by atoms with Gasteiger partial charge in [-0.05, 0) is 57.6 Å². The number of likely N-dealkylation sites (N-methyl/N-ethyl adjacent to an activating group) is 1. The summed E-state index contributed by atoms with van der Waals surface area (Å²) in [6, 6.07) is 11.2. The van der Waals surface area contributed by atoms with Gasteiger partial charge < -0.3 is 25.2 Å². The van der Waals surface area contributed by atoms with E-state index in [4.69, 9.17) is 4.74 Å². The van der Waals surface area contributed by atoms with Crippen LogP contribution in [0.3, 0.4) is 0 Å². The molecule has 4 aliphatic rings. The maximum atomic E-state index is 13.2. The van der Waals surface area contributed by atoms with E-state index in [0.29, 0.717) is 18.5 Å². The number of aromatic nitrogens is 2. The first kappa shape index (κ1) is 25.5. The molecule has 9 heteroatoms. The maximum absolute atomic E-state index is 13.2. The van der Waals surface area contributed by atoms with Crippen LogP contribution in [0.5, 0.6) is 0 Å². The van der Waals surface area contributed by atoms with E-state index in [2.05, 4.69) is 74.7 Å². The second-order valence-electron chi connectivity index (χ2n) is 11.8. The van der Waals surface area contributed by atoms with Gasteiger partial charge in [-0.3, -0.25) is 4.90 Å². The molecule has 0 radical (unpaired) electrons. The number of rotatable bonds is 6. The zero-order chi connectivity index (χ0) is 26.2. The molecule has 38 heavy (non-hydrogen) atoms. The third kappa shape index (κ3) is 4.99. The number of carbonyl (C=O) groups is 1. The lowest BCUT2D eigenvalue weighted by Gasteiger charge is -2.47. The van der Waals surface area contributed by atoms with E-state index in [-0.39, 0.29) is 17.1 Å². The number of amides is 2. The highest BCUT2D eigenvalue weighted by molar-refractivity contribution is 5.95. The molecule has 204 valence electrons. The number of urea groups is 1. The van der Waals surface area contributed by atoms with Crippen molar-refractivity contribution in [3.63, 3.8) is 0 Å². The van der Waals surface area contributed by atoms with Gasteiger partial charge in [-0.25, -0.2) is 14.8 Å². The minimum atomic E-state index is -0.229. The quantitative estimate of drug-likeness (QED) is 0.607. The number of benzene rings is 1. The lowest BCUT2D eigenvalue weighted by Crippen LogP contribution is -2.57. The third-order valence-electron chi connectivity index (χ3n) is 9.36. The van der Waals surface area contributed by atoms with Gasteiger partial charge in [0.2, 0.25) is 5.95 Å². The Hall–Kier alpha value is -2.75. The van der Waals surface area contributed by atoms with Crippen molar-refractivity contribution in [1.82, 2.24) is 25.5 Å². The Labute approximate surface area is 225 Å². The Morgan fingerprint density at radius 3 is 2.42 bits per heavy atom. The van der Waals surface area contributed by atoms with Crippen molar-refractivity contribution in [2.45, 2.75) is 56.1 Å². The van der Waals surface area contributed by atoms with E-state index in [1.54, 1.807) is 0 Å². The van der Waals surface area contributed by atoms with Crippen LogP contribution < -0.4 is 20.4 Å². The number of hydrogen-bond donors (Lipinski definition) is 2. The molecule has 1 saturated carbocycles. The molecule has 1 spiro atoms. The van der Waals surface area contributed by atoms with Crippen LogP contribution in [0.1, 0.15) is 44.6 Å². The van der Waals surface area contributed by atoms with Crippen LogP contribution in [0.25, 0.3) is 0 Å². The molecule has 2 N–H and O–H groups in total. The number of ether oxygens (including phenoxy) is 1. The fourth-order valence-electron chi connectivity index (χ4n) is 6.75. The molecule has 0 bridgehead atoms. The molecule has 3 aliphatic heterocycles. The predicted molar refractivity (Wildman–Crippen MR) is 148 cm³/mol. The predicted octanol–water partition coefficient (Wildman–Crippen LogP) is 2.98. The largest absolute Gasteiger partial charge is 0.381 e. The van der Waals surface area contributed by atoms with Crippen molar-refractivity contribution in [3.8, 4) is 0 Å². The highest BCUT2D eigenvalue weighted by Crippen LogP contribution is 2.44. The van der Waals surface area contributed by atoms with Gasteiger partial charge in [0.15, 0.2) is 0 Å². The second kappa shape index (κ2) is 10.4. The normalized spacial score (nSPS) is 31.1. The van der Waals surface area contributed by atoms with Crippen LogP contribution in [0.4, 0.5) is 16.4 Å². The molecular formula is C29H41N7O2. The van der Waals surface area contributed by atoms with Crippen molar-refractivity contribution in [3.05, 3.63) is 48.3 Å². The molecule has 4 heterocycles. The standard InChI is InChI=1S/C29H41N7O2/c1-22(23-8-17-38-20-23)32-29(24-6-4-3-5-7-24)11-9-28(10-12-29)21-36(27(37)33-28)25-18-30-26(31-19-25)35-15-13-34(2)14-16-35/h3-7,18-19,22-23,32H,8-17,20-21H2,1-2H3,(H,33,37). The number of carbonyl (C=O) groups excluding carboxylic acids is 1. The summed E-state index contributed by atoms with van der Waals surface area (Å²) in [5.74, 6) is 1.29. The van der Waals surface area contributed by atoms with Crippen LogP contribution in [-0.2, 0) is 10.3 Å². The summed E-state index contributed by atoms with van der Waals surface area (Å²) < 4.78 is 5.69. The fraction of sp³-hybridized carbons (Fsp3) is 0.621. The molecule has 2 atom stereocenters. The zero-order valence-electron chi connectivity index (χ0n) is 22.7. The van der Waals surface area contributed by atoms with Crippen LogP contribution >= 0.6 is 0 Å². The molecule has 1 aliphatic carbocycles.